The Kier molecular flexibility index (Phi) is 7.16. The summed E-state index contributed by atoms with van der Waals surface area (Å²) in [5, 5.41) is 2.25. The lowest BCUT2D eigenvalue weighted by atomic mass is 9.78. The zero-order chi connectivity index (χ0) is 22.1. The summed E-state index contributed by atoms with van der Waals surface area (Å²) >= 11 is 3.39. The number of urea groups is 1. The Morgan fingerprint density at radius 3 is 2.27 bits per heavy atom. The van der Waals surface area contributed by atoms with Gasteiger partial charge in [0.1, 0.15) is 5.25 Å². The van der Waals surface area contributed by atoms with Gasteiger partial charge in [-0.3, -0.25) is 14.9 Å². The summed E-state index contributed by atoms with van der Waals surface area (Å²) in [4.78, 5) is 40.6. The fourth-order valence-corrected chi connectivity index (χ4v) is 5.37. The van der Waals surface area contributed by atoms with Crippen molar-refractivity contribution in [1.82, 2.24) is 10.2 Å². The van der Waals surface area contributed by atoms with Gasteiger partial charge in [-0.2, -0.15) is 0 Å². The van der Waals surface area contributed by atoms with Crippen molar-refractivity contribution in [2.24, 2.45) is 11.1 Å². The maximum Gasteiger partial charge on any atom is 0.324 e. The first-order valence-electron chi connectivity index (χ1n) is 10.2. The van der Waals surface area contributed by atoms with Crippen LogP contribution in [0, 0.1) is 8.99 Å². The molecule has 0 aromatic heterocycles. The van der Waals surface area contributed by atoms with E-state index in [2.05, 4.69) is 27.9 Å². The predicted octanol–water partition coefficient (Wildman–Crippen LogP) is 4.00. The van der Waals surface area contributed by atoms with Gasteiger partial charge in [-0.25, -0.2) is 4.79 Å². The Labute approximate surface area is 195 Å². The van der Waals surface area contributed by atoms with E-state index in [1.165, 1.54) is 11.8 Å². The van der Waals surface area contributed by atoms with Crippen LogP contribution in [0.5, 0.6) is 0 Å². The van der Waals surface area contributed by atoms with Crippen LogP contribution in [0.25, 0.3) is 0 Å². The first kappa shape index (κ1) is 23.1. The molecule has 162 valence electrons. The molecule has 2 aliphatic heterocycles. The summed E-state index contributed by atoms with van der Waals surface area (Å²) in [6.45, 7) is 6.85. The molecule has 2 atom stereocenters. The summed E-state index contributed by atoms with van der Waals surface area (Å²) in [5.74, 6) is -0.972. The summed E-state index contributed by atoms with van der Waals surface area (Å²) in [5.41, 5.74) is 6.97. The van der Waals surface area contributed by atoms with Gasteiger partial charge in [0.15, 0.2) is 5.78 Å². The molecular formula is C22H28IN3O3S. The number of allylic oxidation sites excluding steroid dienone is 1. The molecule has 8 heteroatoms. The molecule has 2 heterocycles. The number of piperidine rings is 1. The zero-order valence-electron chi connectivity index (χ0n) is 17.5. The van der Waals surface area contributed by atoms with Gasteiger partial charge in [0.25, 0.3) is 0 Å². The third-order valence-electron chi connectivity index (χ3n) is 5.42. The lowest BCUT2D eigenvalue weighted by Gasteiger charge is -2.28. The number of carbonyl (C=O) groups is 3. The average Bonchev–Trinajstić information content (AvgIpc) is 3.05. The summed E-state index contributed by atoms with van der Waals surface area (Å²) in [6, 6.07) is 7.38. The van der Waals surface area contributed by atoms with Crippen molar-refractivity contribution in [3.63, 3.8) is 0 Å². The van der Waals surface area contributed by atoms with E-state index >= 15 is 0 Å². The Balaban J connectivity index is 1.89. The number of carbonyl (C=O) groups excluding carboxylic acids is 3. The lowest BCUT2D eigenvalue weighted by molar-refractivity contribution is -0.122. The first-order valence-corrected chi connectivity index (χ1v) is 12.1. The van der Waals surface area contributed by atoms with Gasteiger partial charge in [-0.05, 0) is 59.5 Å². The van der Waals surface area contributed by atoms with Crippen LogP contribution in [0.3, 0.4) is 0 Å². The maximum absolute atomic E-state index is 13.2. The standard InChI is InChI=1S/C22H28IN3O3S/c1-22(2,3)18(27)16-15(13-7-9-14(23)10-8-13)17(30-19(16)24)20(28)25-21(29)26-11-5-4-6-12-26/h7-10,15,17H,4-6,11-12,24H2,1-3H3,(H,25,28,29)/t15-,17-/m0/s1. The van der Waals surface area contributed by atoms with E-state index in [0.29, 0.717) is 23.7 Å². The average molecular weight is 541 g/mol. The number of hydrogen-bond donors (Lipinski definition) is 2. The molecule has 0 spiro atoms. The predicted molar refractivity (Wildman–Crippen MR) is 128 cm³/mol. The number of ketones is 1. The van der Waals surface area contributed by atoms with Crippen molar-refractivity contribution in [2.75, 3.05) is 13.1 Å². The third kappa shape index (κ3) is 5.01. The van der Waals surface area contributed by atoms with Crippen LogP contribution < -0.4 is 11.1 Å². The summed E-state index contributed by atoms with van der Waals surface area (Å²) in [7, 11) is 0. The van der Waals surface area contributed by atoms with Crippen LogP contribution in [-0.4, -0.2) is 41.0 Å². The minimum absolute atomic E-state index is 0.0753. The summed E-state index contributed by atoms with van der Waals surface area (Å²) in [6.07, 6.45) is 3.00. The van der Waals surface area contributed by atoms with Crippen LogP contribution in [-0.2, 0) is 9.59 Å². The molecular weight excluding hydrogens is 513 g/mol. The van der Waals surface area contributed by atoms with Crippen molar-refractivity contribution in [3.8, 4) is 0 Å². The highest BCUT2D eigenvalue weighted by atomic mass is 127. The smallest absolute Gasteiger partial charge is 0.324 e. The van der Waals surface area contributed by atoms with E-state index in [1.807, 2.05) is 45.0 Å². The molecule has 1 aromatic carbocycles. The van der Waals surface area contributed by atoms with E-state index in [4.69, 9.17) is 5.73 Å². The lowest BCUT2D eigenvalue weighted by Crippen LogP contribution is -2.48. The topological polar surface area (TPSA) is 92.5 Å². The molecule has 3 rings (SSSR count). The highest BCUT2D eigenvalue weighted by Gasteiger charge is 2.45. The highest BCUT2D eigenvalue weighted by molar-refractivity contribution is 14.1. The Hall–Kier alpha value is -1.55. The van der Waals surface area contributed by atoms with Gasteiger partial charge in [0, 0.05) is 33.6 Å². The molecule has 6 nitrogen and oxygen atoms in total. The van der Waals surface area contributed by atoms with Crippen LogP contribution in [0.1, 0.15) is 51.5 Å². The number of likely N-dealkylation sites (tertiary alicyclic amines) is 1. The fourth-order valence-electron chi connectivity index (χ4n) is 3.80. The molecule has 1 fully saturated rings. The van der Waals surface area contributed by atoms with E-state index in [1.54, 1.807) is 4.90 Å². The Morgan fingerprint density at radius 2 is 1.70 bits per heavy atom. The van der Waals surface area contributed by atoms with Crippen LogP contribution in [0.15, 0.2) is 34.9 Å². The van der Waals surface area contributed by atoms with Crippen molar-refractivity contribution < 1.29 is 14.4 Å². The number of thioether (sulfide) groups is 1. The number of amides is 3. The van der Waals surface area contributed by atoms with E-state index in [9.17, 15) is 14.4 Å². The van der Waals surface area contributed by atoms with Crippen molar-refractivity contribution in [1.29, 1.82) is 0 Å². The van der Waals surface area contributed by atoms with Crippen molar-refractivity contribution in [3.05, 3.63) is 44.0 Å². The molecule has 0 unspecified atom stereocenters. The van der Waals surface area contributed by atoms with Crippen LogP contribution in [0.2, 0.25) is 0 Å². The second-order valence-electron chi connectivity index (χ2n) is 8.77. The van der Waals surface area contributed by atoms with Gasteiger partial charge in [0.05, 0.1) is 5.03 Å². The number of imide groups is 1. The SMILES string of the molecule is CC(C)(C)C(=O)C1=C(N)S[C@H](C(=O)NC(=O)N2CCCCC2)[C@H]1c1ccc(I)cc1. The second kappa shape index (κ2) is 9.30. The number of hydrogen-bond acceptors (Lipinski definition) is 5. The molecule has 1 aromatic rings. The quantitative estimate of drug-likeness (QED) is 0.565. The second-order valence-corrected chi connectivity index (χ2v) is 11.2. The summed E-state index contributed by atoms with van der Waals surface area (Å²) < 4.78 is 1.06. The first-order chi connectivity index (χ1) is 14.1. The van der Waals surface area contributed by atoms with Crippen molar-refractivity contribution in [2.45, 2.75) is 51.2 Å². The zero-order valence-corrected chi connectivity index (χ0v) is 20.5. The Bertz CT molecular complexity index is 871. The molecule has 0 aliphatic carbocycles. The largest absolute Gasteiger partial charge is 0.393 e. The normalized spacial score (nSPS) is 22.2. The molecule has 0 radical (unpaired) electrons. The van der Waals surface area contributed by atoms with E-state index < -0.39 is 22.5 Å². The molecule has 3 amide bonds. The van der Waals surface area contributed by atoms with Gasteiger partial charge < -0.3 is 10.6 Å². The number of halogens is 1. The Morgan fingerprint density at radius 1 is 1.10 bits per heavy atom. The van der Waals surface area contributed by atoms with Crippen LogP contribution in [0.4, 0.5) is 4.79 Å². The van der Waals surface area contributed by atoms with Crippen molar-refractivity contribution >= 4 is 52.1 Å². The number of nitrogens with two attached hydrogens (primary N) is 1. The maximum atomic E-state index is 13.2. The number of nitrogens with one attached hydrogen (secondary N) is 1. The van der Waals surface area contributed by atoms with Gasteiger partial charge >= 0.3 is 6.03 Å². The minimum atomic E-state index is -0.667. The molecule has 30 heavy (non-hydrogen) atoms. The molecule has 0 bridgehead atoms. The molecule has 1 saturated heterocycles. The van der Waals surface area contributed by atoms with Gasteiger partial charge in [-0.15, -0.1) is 0 Å². The van der Waals surface area contributed by atoms with E-state index in [-0.39, 0.29) is 11.8 Å². The highest BCUT2D eigenvalue weighted by Crippen LogP contribution is 2.48. The molecule has 2 aliphatic rings. The number of Topliss-reactive ketones (excluding diaryl/α,β-unsaturated/α-hetero) is 1. The number of nitrogens with zero attached hydrogens (tertiary/aromatic N) is 1. The van der Waals surface area contributed by atoms with E-state index in [0.717, 1.165) is 28.4 Å². The fraction of sp³-hybridized carbons (Fsp3) is 0.500. The van der Waals surface area contributed by atoms with Crippen LogP contribution >= 0.6 is 34.4 Å². The monoisotopic (exact) mass is 541 g/mol. The third-order valence-corrected chi connectivity index (χ3v) is 7.35. The van der Waals surface area contributed by atoms with Gasteiger partial charge in [-0.1, -0.05) is 44.7 Å². The van der Waals surface area contributed by atoms with Gasteiger partial charge in [0.2, 0.25) is 5.91 Å². The molecule has 3 N–H and O–H groups in total. The number of rotatable bonds is 3. The number of benzene rings is 1. The minimum Gasteiger partial charge on any atom is -0.393 e. The molecule has 0 saturated carbocycles.